The molecule has 0 spiro atoms. The zero-order chi connectivity index (χ0) is 22.1. The first kappa shape index (κ1) is 19.6. The van der Waals surface area contributed by atoms with Gasteiger partial charge in [0.15, 0.2) is 0 Å². The molecule has 0 bridgehead atoms. The fourth-order valence-corrected chi connectivity index (χ4v) is 4.08. The number of esters is 2. The van der Waals surface area contributed by atoms with E-state index in [1.54, 1.807) is 6.07 Å². The highest BCUT2D eigenvalue weighted by Crippen LogP contribution is 2.44. The van der Waals surface area contributed by atoms with E-state index in [0.29, 0.717) is 5.56 Å². The number of amides is 1. The average Bonchev–Trinajstić information content (AvgIpc) is 3.29. The third-order valence-corrected chi connectivity index (χ3v) is 5.54. The molecule has 2 aliphatic rings. The molecule has 0 unspecified atom stereocenters. The Morgan fingerprint density at radius 2 is 1.53 bits per heavy atom. The Balaban J connectivity index is 1.19. The number of benzene rings is 3. The standard InChI is InChI=1S/C26H17NO5/c28-24-21-12-11-16(14-22(21)25(29)32-24)6-5-13-27-26(30)31-15-23-19-9-3-1-7-17(19)18-8-2-4-10-20(18)23/h1-4,7-12,14,23H,13,15H2,(H,27,30). The van der Waals surface area contributed by atoms with Crippen molar-refractivity contribution >= 4 is 18.0 Å². The van der Waals surface area contributed by atoms with Crippen LogP contribution in [0.15, 0.2) is 66.7 Å². The molecule has 3 aromatic rings. The lowest BCUT2D eigenvalue weighted by Crippen LogP contribution is -2.26. The van der Waals surface area contributed by atoms with Crippen molar-refractivity contribution in [3.05, 3.63) is 94.5 Å². The summed E-state index contributed by atoms with van der Waals surface area (Å²) in [5.41, 5.74) is 5.61. The molecular formula is C26H17NO5. The van der Waals surface area contributed by atoms with E-state index < -0.39 is 18.0 Å². The van der Waals surface area contributed by atoms with Crippen LogP contribution in [0.2, 0.25) is 0 Å². The number of carbonyl (C=O) groups is 3. The van der Waals surface area contributed by atoms with E-state index in [0.717, 1.165) is 11.1 Å². The van der Waals surface area contributed by atoms with Crippen molar-refractivity contribution in [2.75, 3.05) is 13.2 Å². The molecule has 0 saturated carbocycles. The second-order valence-corrected chi connectivity index (χ2v) is 7.42. The van der Waals surface area contributed by atoms with Crippen LogP contribution in [0.25, 0.3) is 11.1 Å². The molecule has 6 nitrogen and oxygen atoms in total. The summed E-state index contributed by atoms with van der Waals surface area (Å²) in [6, 6.07) is 20.9. The van der Waals surface area contributed by atoms with E-state index >= 15 is 0 Å². The third-order valence-electron chi connectivity index (χ3n) is 5.54. The van der Waals surface area contributed by atoms with Crippen LogP contribution in [0, 0.1) is 11.8 Å². The van der Waals surface area contributed by atoms with Crippen molar-refractivity contribution in [3.63, 3.8) is 0 Å². The molecule has 156 valence electrons. The number of rotatable bonds is 3. The summed E-state index contributed by atoms with van der Waals surface area (Å²) in [6.07, 6.45) is -0.552. The van der Waals surface area contributed by atoms with E-state index in [4.69, 9.17) is 4.74 Å². The van der Waals surface area contributed by atoms with Gasteiger partial charge in [-0.05, 0) is 40.5 Å². The molecule has 5 rings (SSSR count). The summed E-state index contributed by atoms with van der Waals surface area (Å²) < 4.78 is 10.0. The SMILES string of the molecule is O=C(NCC#Cc1ccc2c(c1)C(=O)OC2=O)OCC1c2ccccc2-c2ccccc21. The molecule has 1 heterocycles. The Morgan fingerprint density at radius 3 is 2.25 bits per heavy atom. The van der Waals surface area contributed by atoms with Crippen LogP contribution in [0.1, 0.15) is 43.3 Å². The van der Waals surface area contributed by atoms with Crippen molar-refractivity contribution in [3.8, 4) is 23.0 Å². The first-order valence-electron chi connectivity index (χ1n) is 10.1. The molecule has 0 atom stereocenters. The van der Waals surface area contributed by atoms with Gasteiger partial charge in [0.1, 0.15) is 6.61 Å². The maximum atomic E-state index is 12.2. The van der Waals surface area contributed by atoms with Crippen molar-refractivity contribution in [2.24, 2.45) is 0 Å². The van der Waals surface area contributed by atoms with E-state index in [-0.39, 0.29) is 30.2 Å². The Hall–Kier alpha value is -4.37. The van der Waals surface area contributed by atoms with Crippen molar-refractivity contribution < 1.29 is 23.9 Å². The van der Waals surface area contributed by atoms with E-state index in [2.05, 4.69) is 46.2 Å². The van der Waals surface area contributed by atoms with Gasteiger partial charge in [0, 0.05) is 11.5 Å². The predicted molar refractivity (Wildman–Crippen MR) is 116 cm³/mol. The van der Waals surface area contributed by atoms with Crippen molar-refractivity contribution in [1.82, 2.24) is 5.32 Å². The largest absolute Gasteiger partial charge is 0.449 e. The number of hydrogen-bond donors (Lipinski definition) is 1. The summed E-state index contributed by atoms with van der Waals surface area (Å²) in [5, 5.41) is 2.61. The smallest absolute Gasteiger partial charge is 0.407 e. The third kappa shape index (κ3) is 3.50. The molecular weight excluding hydrogens is 406 g/mol. The first-order chi connectivity index (χ1) is 15.6. The van der Waals surface area contributed by atoms with Crippen LogP contribution in [0.3, 0.4) is 0 Å². The average molecular weight is 423 g/mol. The number of alkyl carbamates (subject to hydrolysis) is 1. The molecule has 3 aromatic carbocycles. The molecule has 6 heteroatoms. The van der Waals surface area contributed by atoms with E-state index in [9.17, 15) is 14.4 Å². The van der Waals surface area contributed by atoms with Crippen molar-refractivity contribution in [1.29, 1.82) is 0 Å². The number of hydrogen-bond acceptors (Lipinski definition) is 5. The normalized spacial score (nSPS) is 13.4. The van der Waals surface area contributed by atoms with Crippen LogP contribution in [0.4, 0.5) is 4.79 Å². The molecule has 0 aromatic heterocycles. The van der Waals surface area contributed by atoms with Gasteiger partial charge in [-0.1, -0.05) is 60.4 Å². The molecule has 1 N–H and O–H groups in total. The Bertz CT molecular complexity index is 1290. The van der Waals surface area contributed by atoms with Gasteiger partial charge in [-0.2, -0.15) is 0 Å². The Labute approximate surface area is 184 Å². The molecule has 1 aliphatic carbocycles. The number of nitrogens with one attached hydrogen (secondary N) is 1. The van der Waals surface area contributed by atoms with E-state index in [1.807, 2.05) is 24.3 Å². The van der Waals surface area contributed by atoms with Gasteiger partial charge in [-0.15, -0.1) is 0 Å². The summed E-state index contributed by atoms with van der Waals surface area (Å²) in [5.74, 6) is 4.33. The minimum atomic E-state index is -0.676. The Morgan fingerprint density at radius 1 is 0.875 bits per heavy atom. The van der Waals surface area contributed by atoms with Crippen LogP contribution in [-0.4, -0.2) is 31.2 Å². The lowest BCUT2D eigenvalue weighted by molar-refractivity contribution is 0.0443. The van der Waals surface area contributed by atoms with Crippen LogP contribution in [-0.2, 0) is 9.47 Å². The number of carbonyl (C=O) groups excluding carboxylic acids is 3. The number of ether oxygens (including phenoxy) is 2. The van der Waals surface area contributed by atoms with Crippen LogP contribution < -0.4 is 5.32 Å². The Kier molecular flexibility index (Phi) is 4.92. The zero-order valence-corrected chi connectivity index (χ0v) is 16.9. The maximum absolute atomic E-state index is 12.2. The van der Waals surface area contributed by atoms with Crippen LogP contribution >= 0.6 is 0 Å². The predicted octanol–water partition coefficient (Wildman–Crippen LogP) is 3.89. The first-order valence-corrected chi connectivity index (χ1v) is 10.1. The molecule has 32 heavy (non-hydrogen) atoms. The second-order valence-electron chi connectivity index (χ2n) is 7.42. The quantitative estimate of drug-likeness (QED) is 0.393. The van der Waals surface area contributed by atoms with Gasteiger partial charge < -0.3 is 14.8 Å². The lowest BCUT2D eigenvalue weighted by atomic mass is 9.98. The maximum Gasteiger partial charge on any atom is 0.407 e. The molecule has 1 aliphatic heterocycles. The molecule has 0 saturated heterocycles. The van der Waals surface area contributed by atoms with Crippen LogP contribution in [0.5, 0.6) is 0 Å². The highest BCUT2D eigenvalue weighted by atomic mass is 16.6. The van der Waals surface area contributed by atoms with E-state index in [1.165, 1.54) is 23.3 Å². The minimum absolute atomic E-state index is 0.00638. The van der Waals surface area contributed by atoms with Gasteiger partial charge in [0.05, 0.1) is 17.7 Å². The highest BCUT2D eigenvalue weighted by Gasteiger charge is 2.30. The fourth-order valence-electron chi connectivity index (χ4n) is 4.08. The molecule has 0 fully saturated rings. The summed E-state index contributed by atoms with van der Waals surface area (Å²) in [6.45, 7) is 0.311. The second kappa shape index (κ2) is 8.05. The minimum Gasteiger partial charge on any atom is -0.449 e. The van der Waals surface area contributed by atoms with Gasteiger partial charge in [-0.3, -0.25) is 0 Å². The van der Waals surface area contributed by atoms with Gasteiger partial charge in [0.2, 0.25) is 0 Å². The highest BCUT2D eigenvalue weighted by molar-refractivity contribution is 6.14. The summed E-state index contributed by atoms with van der Waals surface area (Å²) in [4.78, 5) is 35.3. The fraction of sp³-hybridized carbons (Fsp3) is 0.115. The number of fused-ring (bicyclic) bond motifs is 4. The summed E-state index contributed by atoms with van der Waals surface area (Å²) in [7, 11) is 0. The van der Waals surface area contributed by atoms with Crippen molar-refractivity contribution in [2.45, 2.75) is 5.92 Å². The van der Waals surface area contributed by atoms with Gasteiger partial charge in [-0.25, -0.2) is 14.4 Å². The van der Waals surface area contributed by atoms with Gasteiger partial charge in [0.25, 0.3) is 0 Å². The number of cyclic esters (lactones) is 2. The molecule has 0 radical (unpaired) electrons. The summed E-state index contributed by atoms with van der Waals surface area (Å²) >= 11 is 0. The topological polar surface area (TPSA) is 81.7 Å². The molecule has 1 amide bonds. The van der Waals surface area contributed by atoms with Gasteiger partial charge >= 0.3 is 18.0 Å². The monoisotopic (exact) mass is 423 g/mol. The lowest BCUT2D eigenvalue weighted by Gasteiger charge is -2.14. The zero-order valence-electron chi connectivity index (χ0n) is 16.9.